The number of fused-ring (bicyclic) bond motifs is 1. The highest BCUT2D eigenvalue weighted by Gasteiger charge is 2.25. The number of halogens is 4. The summed E-state index contributed by atoms with van der Waals surface area (Å²) in [7, 11) is 0. The fourth-order valence-electron chi connectivity index (χ4n) is 1.61. The predicted octanol–water partition coefficient (Wildman–Crippen LogP) is 3.54. The Morgan fingerprint density at radius 1 is 1.44 bits per heavy atom. The zero-order valence-corrected chi connectivity index (χ0v) is 10.3. The van der Waals surface area contributed by atoms with Crippen molar-refractivity contribution in [2.45, 2.75) is 17.7 Å². The lowest BCUT2D eigenvalue weighted by atomic mass is 10.1. The summed E-state index contributed by atoms with van der Waals surface area (Å²) < 4.78 is 25.1. The van der Waals surface area contributed by atoms with E-state index in [1.54, 1.807) is 6.07 Å². The van der Waals surface area contributed by atoms with Crippen molar-refractivity contribution in [2.24, 2.45) is 0 Å². The van der Waals surface area contributed by atoms with Gasteiger partial charge in [0, 0.05) is 10.7 Å². The van der Waals surface area contributed by atoms with Gasteiger partial charge in [0.05, 0.1) is 6.42 Å². The van der Waals surface area contributed by atoms with Gasteiger partial charge in [-0.3, -0.25) is 4.79 Å². The number of amides is 1. The molecule has 2 nitrogen and oxygen atoms in total. The molecule has 0 bridgehead atoms. The van der Waals surface area contributed by atoms with Crippen molar-refractivity contribution in [1.29, 1.82) is 0 Å². The highest BCUT2D eigenvalue weighted by atomic mass is 79.9. The van der Waals surface area contributed by atoms with Crippen LogP contribution in [0.4, 0.5) is 14.5 Å². The molecule has 6 heteroatoms. The SMILES string of the molecule is O=C1Cc2cc(C(Br)C(F)F)c(Cl)cc2N1. The first-order chi connectivity index (χ1) is 7.49. The molecule has 0 fully saturated rings. The fourth-order valence-corrected chi connectivity index (χ4v) is 2.41. The summed E-state index contributed by atoms with van der Waals surface area (Å²) in [4.78, 5) is 10.0. The number of alkyl halides is 3. The molecule has 16 heavy (non-hydrogen) atoms. The van der Waals surface area contributed by atoms with E-state index in [1.165, 1.54) is 6.07 Å². The van der Waals surface area contributed by atoms with Crippen LogP contribution < -0.4 is 5.32 Å². The van der Waals surface area contributed by atoms with Crippen molar-refractivity contribution in [3.63, 3.8) is 0 Å². The summed E-state index contributed by atoms with van der Waals surface area (Å²) in [5, 5.41) is 2.83. The van der Waals surface area contributed by atoms with Gasteiger partial charge >= 0.3 is 0 Å². The van der Waals surface area contributed by atoms with E-state index in [4.69, 9.17) is 11.6 Å². The first-order valence-electron chi connectivity index (χ1n) is 4.53. The van der Waals surface area contributed by atoms with E-state index >= 15 is 0 Å². The summed E-state index contributed by atoms with van der Waals surface area (Å²) in [5.74, 6) is -0.147. The zero-order valence-electron chi connectivity index (χ0n) is 7.94. The number of hydrogen-bond donors (Lipinski definition) is 1. The molecule has 1 aromatic rings. The van der Waals surface area contributed by atoms with Gasteiger partial charge in [-0.05, 0) is 17.2 Å². The van der Waals surface area contributed by atoms with Gasteiger partial charge < -0.3 is 5.32 Å². The fraction of sp³-hybridized carbons (Fsp3) is 0.300. The Hall–Kier alpha value is -0.680. The number of hydrogen-bond acceptors (Lipinski definition) is 1. The molecule has 86 valence electrons. The molecular weight excluding hydrogens is 303 g/mol. The summed E-state index contributed by atoms with van der Waals surface area (Å²) in [5.41, 5.74) is 1.62. The average Bonchev–Trinajstić information content (AvgIpc) is 2.54. The molecule has 0 radical (unpaired) electrons. The van der Waals surface area contributed by atoms with E-state index in [2.05, 4.69) is 21.2 Å². The molecule has 0 aromatic heterocycles. The molecule has 1 heterocycles. The van der Waals surface area contributed by atoms with Gasteiger partial charge in [0.15, 0.2) is 0 Å². The van der Waals surface area contributed by atoms with Gasteiger partial charge in [-0.1, -0.05) is 33.6 Å². The van der Waals surface area contributed by atoms with Crippen LogP contribution >= 0.6 is 27.5 Å². The number of benzene rings is 1. The van der Waals surface area contributed by atoms with Crippen LogP contribution in [0.5, 0.6) is 0 Å². The lowest BCUT2D eigenvalue weighted by Gasteiger charge is -2.12. The lowest BCUT2D eigenvalue weighted by molar-refractivity contribution is -0.115. The van der Waals surface area contributed by atoms with Crippen LogP contribution in [0.15, 0.2) is 12.1 Å². The second-order valence-corrected chi connectivity index (χ2v) is 4.89. The number of nitrogens with one attached hydrogen (secondary N) is 1. The Balaban J connectivity index is 2.42. The minimum atomic E-state index is -2.54. The van der Waals surface area contributed by atoms with Crippen molar-refractivity contribution >= 4 is 39.1 Å². The van der Waals surface area contributed by atoms with Crippen LogP contribution in [0.1, 0.15) is 16.0 Å². The zero-order chi connectivity index (χ0) is 11.9. The minimum absolute atomic E-state index is 0.147. The normalized spacial score (nSPS) is 16.2. The van der Waals surface area contributed by atoms with Crippen LogP contribution in [-0.2, 0) is 11.2 Å². The summed E-state index contributed by atoms with van der Waals surface area (Å²) in [6, 6.07) is 3.05. The molecule has 1 N–H and O–H groups in total. The van der Waals surface area contributed by atoms with Gasteiger partial charge in [0.1, 0.15) is 4.83 Å². The summed E-state index contributed by atoms with van der Waals surface area (Å²) >= 11 is 8.76. The Morgan fingerprint density at radius 2 is 2.12 bits per heavy atom. The van der Waals surface area contributed by atoms with Crippen LogP contribution in [0.25, 0.3) is 0 Å². The van der Waals surface area contributed by atoms with Gasteiger partial charge in [-0.25, -0.2) is 8.78 Å². The van der Waals surface area contributed by atoms with E-state index in [0.717, 1.165) is 0 Å². The first kappa shape index (κ1) is 11.8. The molecule has 1 atom stereocenters. The van der Waals surface area contributed by atoms with Crippen molar-refractivity contribution in [1.82, 2.24) is 0 Å². The third-order valence-electron chi connectivity index (χ3n) is 2.37. The number of carbonyl (C=O) groups is 1. The molecule has 1 aromatic carbocycles. The average molecular weight is 311 g/mol. The van der Waals surface area contributed by atoms with Crippen LogP contribution in [0, 0.1) is 0 Å². The summed E-state index contributed by atoms with van der Waals surface area (Å²) in [6.07, 6.45) is -2.33. The molecule has 2 rings (SSSR count). The maximum atomic E-state index is 12.5. The van der Waals surface area contributed by atoms with E-state index in [-0.39, 0.29) is 17.4 Å². The quantitative estimate of drug-likeness (QED) is 0.832. The molecule has 1 aliphatic rings. The molecule has 0 saturated carbocycles. The standard InChI is InChI=1S/C10H7BrClF2NO/c11-9(10(13)14)5-1-4-2-8(16)15-7(4)3-6(5)12/h1,3,9-10H,2H2,(H,15,16). The largest absolute Gasteiger partial charge is 0.325 e. The Morgan fingerprint density at radius 3 is 2.75 bits per heavy atom. The highest BCUT2D eigenvalue weighted by Crippen LogP contribution is 2.38. The predicted molar refractivity (Wildman–Crippen MR) is 61.5 cm³/mol. The van der Waals surface area contributed by atoms with Gasteiger partial charge in [0.25, 0.3) is 6.43 Å². The van der Waals surface area contributed by atoms with Gasteiger partial charge in [-0.2, -0.15) is 0 Å². The van der Waals surface area contributed by atoms with Crippen molar-refractivity contribution in [2.75, 3.05) is 5.32 Å². The lowest BCUT2D eigenvalue weighted by Crippen LogP contribution is -2.03. The smallest absolute Gasteiger partial charge is 0.255 e. The highest BCUT2D eigenvalue weighted by molar-refractivity contribution is 9.09. The van der Waals surface area contributed by atoms with E-state index in [0.29, 0.717) is 16.8 Å². The maximum Gasteiger partial charge on any atom is 0.255 e. The van der Waals surface area contributed by atoms with Crippen molar-refractivity contribution in [3.05, 3.63) is 28.3 Å². The third kappa shape index (κ3) is 2.06. The van der Waals surface area contributed by atoms with Crippen LogP contribution in [0.2, 0.25) is 5.02 Å². The second kappa shape index (κ2) is 4.30. The molecular formula is C10H7BrClF2NO. The van der Waals surface area contributed by atoms with Crippen LogP contribution in [0.3, 0.4) is 0 Å². The molecule has 0 saturated heterocycles. The summed E-state index contributed by atoms with van der Waals surface area (Å²) in [6.45, 7) is 0. The molecule has 1 amide bonds. The van der Waals surface area contributed by atoms with E-state index < -0.39 is 11.3 Å². The van der Waals surface area contributed by atoms with Crippen LogP contribution in [-0.4, -0.2) is 12.3 Å². The Kier molecular flexibility index (Phi) is 3.17. The number of rotatable bonds is 2. The number of carbonyl (C=O) groups excluding carboxylic acids is 1. The molecule has 1 unspecified atom stereocenters. The van der Waals surface area contributed by atoms with Crippen molar-refractivity contribution in [3.8, 4) is 0 Å². The molecule has 0 spiro atoms. The Bertz CT molecular complexity index is 453. The van der Waals surface area contributed by atoms with Crippen molar-refractivity contribution < 1.29 is 13.6 Å². The monoisotopic (exact) mass is 309 g/mol. The first-order valence-corrected chi connectivity index (χ1v) is 5.83. The van der Waals surface area contributed by atoms with Gasteiger partial charge in [-0.15, -0.1) is 0 Å². The number of anilines is 1. The second-order valence-electron chi connectivity index (χ2n) is 3.49. The molecule has 1 aliphatic heterocycles. The topological polar surface area (TPSA) is 29.1 Å². The molecule has 0 aliphatic carbocycles. The van der Waals surface area contributed by atoms with E-state index in [9.17, 15) is 13.6 Å². The third-order valence-corrected chi connectivity index (χ3v) is 3.59. The maximum absolute atomic E-state index is 12.5. The minimum Gasteiger partial charge on any atom is -0.325 e. The van der Waals surface area contributed by atoms with Gasteiger partial charge in [0.2, 0.25) is 5.91 Å². The Labute approximate surface area is 104 Å². The van der Waals surface area contributed by atoms with E-state index in [1.807, 2.05) is 0 Å².